The normalized spacial score (nSPS) is 11.9. The third-order valence-electron chi connectivity index (χ3n) is 3.97. The minimum atomic E-state index is -0.371. The number of anilines is 1. The molecule has 1 atom stereocenters. The zero-order valence-corrected chi connectivity index (χ0v) is 15.5. The van der Waals surface area contributed by atoms with Gasteiger partial charge in [-0.15, -0.1) is 0 Å². The van der Waals surface area contributed by atoms with Gasteiger partial charge in [0.15, 0.2) is 0 Å². The molecule has 0 radical (unpaired) electrons. The van der Waals surface area contributed by atoms with Crippen LogP contribution in [-0.4, -0.2) is 21.8 Å². The average molecular weight is 358 g/mol. The smallest absolute Gasteiger partial charge is 0.220 e. The number of halogens is 1. The van der Waals surface area contributed by atoms with Crippen molar-refractivity contribution in [3.8, 4) is 0 Å². The van der Waals surface area contributed by atoms with Gasteiger partial charge in [-0.3, -0.25) is 4.79 Å². The van der Waals surface area contributed by atoms with Crippen LogP contribution in [0.3, 0.4) is 0 Å². The minimum absolute atomic E-state index is 0.0692. The van der Waals surface area contributed by atoms with E-state index in [4.69, 9.17) is 12.2 Å². The van der Waals surface area contributed by atoms with Crippen LogP contribution in [0.2, 0.25) is 0 Å². The summed E-state index contributed by atoms with van der Waals surface area (Å²) in [6, 6.07) is 15.8. The molecule has 132 valence electrons. The van der Waals surface area contributed by atoms with Crippen LogP contribution in [0.1, 0.15) is 26.3 Å². The molecular formula is C20H23FN2OS. The Hall–Kier alpha value is -2.27. The molecule has 1 unspecified atom stereocenters. The number of rotatable bonds is 6. The van der Waals surface area contributed by atoms with E-state index in [-0.39, 0.29) is 23.7 Å². The van der Waals surface area contributed by atoms with Gasteiger partial charge in [-0.05, 0) is 23.6 Å². The maximum atomic E-state index is 13.9. The number of carbonyl (C=O) groups excluding carboxylic acids is 1. The van der Waals surface area contributed by atoms with E-state index in [9.17, 15) is 9.18 Å². The van der Waals surface area contributed by atoms with Gasteiger partial charge in [-0.1, -0.05) is 68.5 Å². The number of hydrogen-bond donors (Lipinski definition) is 1. The molecule has 0 saturated heterocycles. The van der Waals surface area contributed by atoms with Gasteiger partial charge in [0.25, 0.3) is 0 Å². The van der Waals surface area contributed by atoms with Crippen LogP contribution in [-0.2, 0) is 11.3 Å². The highest BCUT2D eigenvalue weighted by atomic mass is 32.1. The maximum Gasteiger partial charge on any atom is 0.220 e. The molecule has 2 aromatic carbocycles. The van der Waals surface area contributed by atoms with Crippen LogP contribution in [0.5, 0.6) is 0 Å². The van der Waals surface area contributed by atoms with E-state index in [1.165, 1.54) is 13.0 Å². The quantitative estimate of drug-likeness (QED) is 0.764. The predicted molar refractivity (Wildman–Crippen MR) is 104 cm³/mol. The van der Waals surface area contributed by atoms with Crippen molar-refractivity contribution in [3.63, 3.8) is 0 Å². The van der Waals surface area contributed by atoms with Crippen molar-refractivity contribution in [2.75, 3.05) is 5.32 Å². The highest BCUT2D eigenvalue weighted by molar-refractivity contribution is 7.80. The lowest BCUT2D eigenvalue weighted by Gasteiger charge is -2.34. The van der Waals surface area contributed by atoms with Gasteiger partial charge in [0.2, 0.25) is 5.91 Å². The van der Waals surface area contributed by atoms with E-state index in [2.05, 4.69) is 5.32 Å². The SMILES string of the molecule is CC(=O)N(Cc1ccccc1)C(C(=S)Nc1ccccc1F)C(C)C. The zero-order chi connectivity index (χ0) is 18.4. The second-order valence-corrected chi connectivity index (χ2v) is 6.73. The Labute approximate surface area is 153 Å². The molecule has 3 nitrogen and oxygen atoms in total. The van der Waals surface area contributed by atoms with Crippen molar-refractivity contribution in [2.24, 2.45) is 5.92 Å². The second kappa shape index (κ2) is 8.72. The summed E-state index contributed by atoms with van der Waals surface area (Å²) in [5, 5.41) is 2.98. The summed E-state index contributed by atoms with van der Waals surface area (Å²) in [5.41, 5.74) is 1.35. The summed E-state index contributed by atoms with van der Waals surface area (Å²) in [6.45, 7) is 5.99. The van der Waals surface area contributed by atoms with Gasteiger partial charge in [0, 0.05) is 13.5 Å². The summed E-state index contributed by atoms with van der Waals surface area (Å²) in [6.07, 6.45) is 0. The van der Waals surface area contributed by atoms with Gasteiger partial charge in [-0.25, -0.2) is 4.39 Å². The summed E-state index contributed by atoms with van der Waals surface area (Å²) in [7, 11) is 0. The van der Waals surface area contributed by atoms with Crippen LogP contribution in [0.4, 0.5) is 10.1 Å². The van der Waals surface area contributed by atoms with Crippen LogP contribution in [0.25, 0.3) is 0 Å². The van der Waals surface area contributed by atoms with Crippen LogP contribution in [0.15, 0.2) is 54.6 Å². The van der Waals surface area contributed by atoms with Gasteiger partial charge in [0.1, 0.15) is 10.8 Å². The van der Waals surface area contributed by atoms with Crippen molar-refractivity contribution in [1.82, 2.24) is 4.90 Å². The van der Waals surface area contributed by atoms with Crippen molar-refractivity contribution in [1.29, 1.82) is 0 Å². The van der Waals surface area contributed by atoms with E-state index in [1.807, 2.05) is 44.2 Å². The molecule has 0 aromatic heterocycles. The molecule has 0 heterocycles. The molecule has 0 spiro atoms. The predicted octanol–water partition coefficient (Wildman–Crippen LogP) is 4.64. The highest BCUT2D eigenvalue weighted by Crippen LogP contribution is 2.20. The Morgan fingerprint density at radius 3 is 2.28 bits per heavy atom. The van der Waals surface area contributed by atoms with E-state index in [1.54, 1.807) is 23.1 Å². The van der Waals surface area contributed by atoms with Crippen LogP contribution < -0.4 is 5.32 Å². The van der Waals surface area contributed by atoms with Gasteiger partial charge in [0.05, 0.1) is 11.7 Å². The molecule has 0 aliphatic carbocycles. The summed E-state index contributed by atoms with van der Waals surface area (Å²) < 4.78 is 13.9. The van der Waals surface area contributed by atoms with E-state index in [0.717, 1.165) is 5.56 Å². The molecule has 0 bridgehead atoms. The molecule has 2 aromatic rings. The maximum absolute atomic E-state index is 13.9. The lowest BCUT2D eigenvalue weighted by atomic mass is 10.0. The monoisotopic (exact) mass is 358 g/mol. The van der Waals surface area contributed by atoms with Gasteiger partial charge >= 0.3 is 0 Å². The lowest BCUT2D eigenvalue weighted by molar-refractivity contribution is -0.131. The third kappa shape index (κ3) is 5.10. The minimum Gasteiger partial charge on any atom is -0.346 e. The number of para-hydroxylation sites is 1. The first-order valence-corrected chi connectivity index (χ1v) is 8.67. The summed E-state index contributed by atoms with van der Waals surface area (Å²) >= 11 is 5.53. The van der Waals surface area contributed by atoms with E-state index < -0.39 is 0 Å². The summed E-state index contributed by atoms with van der Waals surface area (Å²) in [5.74, 6) is -0.357. The Morgan fingerprint density at radius 2 is 1.72 bits per heavy atom. The largest absolute Gasteiger partial charge is 0.346 e. The average Bonchev–Trinajstić information content (AvgIpc) is 2.57. The van der Waals surface area contributed by atoms with Crippen molar-refractivity contribution >= 4 is 28.8 Å². The number of nitrogens with one attached hydrogen (secondary N) is 1. The molecule has 0 saturated carbocycles. The topological polar surface area (TPSA) is 32.3 Å². The van der Waals surface area contributed by atoms with E-state index >= 15 is 0 Å². The first-order valence-electron chi connectivity index (χ1n) is 8.26. The highest BCUT2D eigenvalue weighted by Gasteiger charge is 2.28. The molecule has 1 amide bonds. The molecule has 0 fully saturated rings. The standard InChI is InChI=1S/C20H23FN2OS/c1-14(2)19(20(25)22-18-12-8-7-11-17(18)21)23(15(3)24)13-16-9-5-4-6-10-16/h4-12,14,19H,13H2,1-3H3,(H,22,25). The fourth-order valence-electron chi connectivity index (χ4n) is 2.76. The number of nitrogens with zero attached hydrogens (tertiary/aromatic N) is 1. The van der Waals surface area contributed by atoms with Crippen molar-refractivity contribution < 1.29 is 9.18 Å². The fraction of sp³-hybridized carbons (Fsp3) is 0.300. The Morgan fingerprint density at radius 1 is 1.12 bits per heavy atom. The van der Waals surface area contributed by atoms with Gasteiger partial charge < -0.3 is 10.2 Å². The number of thiocarbonyl (C=S) groups is 1. The first-order chi connectivity index (χ1) is 11.9. The Kier molecular flexibility index (Phi) is 6.65. The number of hydrogen-bond acceptors (Lipinski definition) is 2. The molecule has 5 heteroatoms. The number of benzene rings is 2. The zero-order valence-electron chi connectivity index (χ0n) is 14.7. The Balaban J connectivity index is 2.25. The molecule has 1 N–H and O–H groups in total. The van der Waals surface area contributed by atoms with Crippen molar-refractivity contribution in [3.05, 3.63) is 66.0 Å². The van der Waals surface area contributed by atoms with Crippen LogP contribution >= 0.6 is 12.2 Å². The molecular weight excluding hydrogens is 335 g/mol. The van der Waals surface area contributed by atoms with E-state index in [0.29, 0.717) is 17.2 Å². The molecule has 2 rings (SSSR count). The first kappa shape index (κ1) is 19.1. The molecule has 25 heavy (non-hydrogen) atoms. The Bertz CT molecular complexity index is 733. The second-order valence-electron chi connectivity index (χ2n) is 6.29. The molecule has 0 aliphatic heterocycles. The van der Waals surface area contributed by atoms with Crippen molar-refractivity contribution in [2.45, 2.75) is 33.4 Å². The van der Waals surface area contributed by atoms with Crippen LogP contribution in [0, 0.1) is 11.7 Å². The lowest BCUT2D eigenvalue weighted by Crippen LogP contribution is -2.48. The molecule has 0 aliphatic rings. The fourth-order valence-corrected chi connectivity index (χ4v) is 3.27. The number of carbonyl (C=O) groups is 1. The number of amides is 1. The van der Waals surface area contributed by atoms with Gasteiger partial charge in [-0.2, -0.15) is 0 Å². The summed E-state index contributed by atoms with van der Waals surface area (Å²) in [4.78, 5) is 14.5. The third-order valence-corrected chi connectivity index (χ3v) is 4.31.